The van der Waals surface area contributed by atoms with E-state index in [0.29, 0.717) is 0 Å². The first kappa shape index (κ1) is 14.9. The molecule has 0 fully saturated rings. The Kier molecular flexibility index (Phi) is 5.07. The second-order valence-corrected chi connectivity index (χ2v) is 5.55. The Morgan fingerprint density at radius 3 is 2.80 bits per heavy atom. The average molecular weight is 292 g/mol. The minimum absolute atomic E-state index is 0.130. The van der Waals surface area contributed by atoms with Crippen LogP contribution in [0.1, 0.15) is 44.0 Å². The topological polar surface area (TPSA) is 29.9 Å². The molecule has 0 saturated heterocycles. The molecular weight excluding hydrogens is 270 g/mol. The lowest BCUT2D eigenvalue weighted by Gasteiger charge is -2.17. The second-order valence-electron chi connectivity index (χ2n) is 5.14. The summed E-state index contributed by atoms with van der Waals surface area (Å²) in [5.74, 6) is 0.920. The number of hydrogen-bond donors (Lipinski definition) is 1. The van der Waals surface area contributed by atoms with Gasteiger partial charge < -0.3 is 9.88 Å². The Labute approximate surface area is 126 Å². The number of nitrogens with one attached hydrogen (secondary N) is 1. The summed E-state index contributed by atoms with van der Waals surface area (Å²) in [7, 11) is 0. The van der Waals surface area contributed by atoms with E-state index in [0.717, 1.165) is 35.2 Å². The number of nitrogens with zero attached hydrogens (tertiary/aromatic N) is 2. The van der Waals surface area contributed by atoms with E-state index in [1.165, 1.54) is 6.42 Å². The van der Waals surface area contributed by atoms with Gasteiger partial charge in [0.2, 0.25) is 5.95 Å². The average Bonchev–Trinajstić information content (AvgIpc) is 2.76. The Balaban J connectivity index is 2.15. The summed E-state index contributed by atoms with van der Waals surface area (Å²) in [5, 5.41) is 4.25. The minimum Gasteiger partial charge on any atom is -0.349 e. The molecule has 20 heavy (non-hydrogen) atoms. The van der Waals surface area contributed by atoms with Gasteiger partial charge in [0.05, 0.1) is 11.7 Å². The molecule has 0 spiro atoms. The van der Waals surface area contributed by atoms with Crippen molar-refractivity contribution in [2.24, 2.45) is 0 Å². The fraction of sp³-hybridized carbons (Fsp3) is 0.438. The molecule has 0 aliphatic carbocycles. The van der Waals surface area contributed by atoms with Crippen LogP contribution in [0.5, 0.6) is 0 Å². The van der Waals surface area contributed by atoms with Crippen LogP contribution in [-0.2, 0) is 6.54 Å². The van der Waals surface area contributed by atoms with Gasteiger partial charge in [-0.3, -0.25) is 0 Å². The van der Waals surface area contributed by atoms with Gasteiger partial charge in [-0.05, 0) is 31.9 Å². The van der Waals surface area contributed by atoms with Crippen molar-refractivity contribution in [3.63, 3.8) is 0 Å². The molecule has 4 heteroatoms. The lowest BCUT2D eigenvalue weighted by molar-refractivity contribution is 0.630. The highest BCUT2D eigenvalue weighted by Gasteiger charge is 2.12. The van der Waals surface area contributed by atoms with Crippen molar-refractivity contribution in [2.75, 3.05) is 5.32 Å². The number of aryl methyl sites for hydroxylation is 2. The predicted molar refractivity (Wildman–Crippen MR) is 85.4 cm³/mol. The number of imidazole rings is 1. The summed E-state index contributed by atoms with van der Waals surface area (Å²) >= 11 is 6.25. The Morgan fingerprint density at radius 1 is 1.35 bits per heavy atom. The summed E-state index contributed by atoms with van der Waals surface area (Å²) in [6, 6.07) is 8.06. The summed E-state index contributed by atoms with van der Waals surface area (Å²) < 4.78 is 2.19. The van der Waals surface area contributed by atoms with Crippen molar-refractivity contribution in [3.8, 4) is 0 Å². The van der Waals surface area contributed by atoms with Crippen LogP contribution in [-0.4, -0.2) is 9.55 Å². The monoisotopic (exact) mass is 291 g/mol. The molecule has 0 aliphatic rings. The van der Waals surface area contributed by atoms with Gasteiger partial charge in [0.25, 0.3) is 0 Å². The summed E-state index contributed by atoms with van der Waals surface area (Å²) in [4.78, 5) is 4.57. The Bertz CT molecular complexity index is 563. The molecule has 1 unspecified atom stereocenters. The first-order valence-corrected chi connectivity index (χ1v) is 7.54. The molecule has 2 aromatic rings. The van der Waals surface area contributed by atoms with Crippen LogP contribution in [0.25, 0.3) is 0 Å². The number of rotatable bonds is 6. The maximum Gasteiger partial charge on any atom is 0.203 e. The molecule has 1 aromatic heterocycles. The smallest absolute Gasteiger partial charge is 0.203 e. The lowest BCUT2D eigenvalue weighted by Crippen LogP contribution is -2.12. The number of benzene rings is 1. The van der Waals surface area contributed by atoms with Crippen molar-refractivity contribution < 1.29 is 0 Å². The normalized spacial score (nSPS) is 12.4. The van der Waals surface area contributed by atoms with E-state index in [9.17, 15) is 0 Å². The van der Waals surface area contributed by atoms with Gasteiger partial charge in [-0.2, -0.15) is 0 Å². The van der Waals surface area contributed by atoms with E-state index in [1.807, 2.05) is 31.2 Å². The number of unbranched alkanes of at least 4 members (excludes halogenated alkanes) is 1. The fourth-order valence-corrected chi connectivity index (χ4v) is 2.56. The minimum atomic E-state index is 0.130. The maximum atomic E-state index is 6.25. The maximum absolute atomic E-state index is 6.25. The van der Waals surface area contributed by atoms with Crippen LogP contribution in [0.15, 0.2) is 30.5 Å². The highest BCUT2D eigenvalue weighted by atomic mass is 35.5. The third kappa shape index (κ3) is 3.54. The number of halogens is 1. The standard InChI is InChI=1S/C16H22ClN3/c1-4-5-10-20-11-12(2)18-16(20)19-13(3)14-8-6-7-9-15(14)17/h6-9,11,13H,4-5,10H2,1-3H3,(H,18,19). The highest BCUT2D eigenvalue weighted by Crippen LogP contribution is 2.25. The van der Waals surface area contributed by atoms with E-state index in [-0.39, 0.29) is 6.04 Å². The predicted octanol–water partition coefficient (Wildman–Crippen LogP) is 4.82. The first-order valence-electron chi connectivity index (χ1n) is 7.16. The van der Waals surface area contributed by atoms with E-state index < -0.39 is 0 Å². The molecule has 2 rings (SSSR count). The third-order valence-electron chi connectivity index (χ3n) is 3.37. The quantitative estimate of drug-likeness (QED) is 0.827. The van der Waals surface area contributed by atoms with Gasteiger partial charge in [-0.25, -0.2) is 4.98 Å². The van der Waals surface area contributed by atoms with Crippen LogP contribution >= 0.6 is 11.6 Å². The zero-order valence-corrected chi connectivity index (χ0v) is 13.1. The number of anilines is 1. The largest absolute Gasteiger partial charge is 0.349 e. The zero-order chi connectivity index (χ0) is 14.5. The van der Waals surface area contributed by atoms with Gasteiger partial charge in [-0.15, -0.1) is 0 Å². The van der Waals surface area contributed by atoms with Crippen LogP contribution in [0, 0.1) is 6.92 Å². The number of hydrogen-bond acceptors (Lipinski definition) is 2. The van der Waals surface area contributed by atoms with Gasteiger partial charge in [-0.1, -0.05) is 43.1 Å². The molecule has 0 saturated carbocycles. The second kappa shape index (κ2) is 6.80. The van der Waals surface area contributed by atoms with Crippen molar-refractivity contribution in [1.29, 1.82) is 0 Å². The van der Waals surface area contributed by atoms with Crippen molar-refractivity contribution in [1.82, 2.24) is 9.55 Å². The molecule has 0 aliphatic heterocycles. The molecular formula is C16H22ClN3. The van der Waals surface area contributed by atoms with Crippen molar-refractivity contribution >= 4 is 17.5 Å². The van der Waals surface area contributed by atoms with Crippen LogP contribution in [0.2, 0.25) is 5.02 Å². The Morgan fingerprint density at radius 2 is 2.10 bits per heavy atom. The zero-order valence-electron chi connectivity index (χ0n) is 12.4. The molecule has 0 bridgehead atoms. The third-order valence-corrected chi connectivity index (χ3v) is 3.71. The molecule has 1 aromatic carbocycles. The van der Waals surface area contributed by atoms with E-state index in [4.69, 9.17) is 11.6 Å². The van der Waals surface area contributed by atoms with Crippen LogP contribution in [0.4, 0.5) is 5.95 Å². The molecule has 0 radical (unpaired) electrons. The van der Waals surface area contributed by atoms with Gasteiger partial charge >= 0.3 is 0 Å². The summed E-state index contributed by atoms with van der Waals surface area (Å²) in [6.07, 6.45) is 4.43. The summed E-state index contributed by atoms with van der Waals surface area (Å²) in [6.45, 7) is 7.32. The fourth-order valence-electron chi connectivity index (χ4n) is 2.26. The van der Waals surface area contributed by atoms with E-state index in [2.05, 4.69) is 34.9 Å². The first-order chi connectivity index (χ1) is 9.61. The van der Waals surface area contributed by atoms with Gasteiger partial charge in [0.15, 0.2) is 0 Å². The molecule has 1 atom stereocenters. The van der Waals surface area contributed by atoms with E-state index >= 15 is 0 Å². The molecule has 0 amide bonds. The molecule has 1 N–H and O–H groups in total. The van der Waals surface area contributed by atoms with Crippen molar-refractivity contribution in [3.05, 3.63) is 46.7 Å². The summed E-state index contributed by atoms with van der Waals surface area (Å²) in [5.41, 5.74) is 2.13. The SMILES string of the molecule is CCCCn1cc(C)nc1NC(C)c1ccccc1Cl. The highest BCUT2D eigenvalue weighted by molar-refractivity contribution is 6.31. The van der Waals surface area contributed by atoms with Gasteiger partial charge in [0, 0.05) is 17.8 Å². The van der Waals surface area contributed by atoms with E-state index in [1.54, 1.807) is 0 Å². The molecule has 1 heterocycles. The van der Waals surface area contributed by atoms with Crippen molar-refractivity contribution in [2.45, 2.75) is 46.2 Å². The Hall–Kier alpha value is -1.48. The van der Waals surface area contributed by atoms with Crippen LogP contribution in [0.3, 0.4) is 0 Å². The molecule has 108 valence electrons. The van der Waals surface area contributed by atoms with Gasteiger partial charge in [0.1, 0.15) is 0 Å². The number of aromatic nitrogens is 2. The van der Waals surface area contributed by atoms with Crippen LogP contribution < -0.4 is 5.32 Å². The lowest BCUT2D eigenvalue weighted by atomic mass is 10.1. The molecule has 3 nitrogen and oxygen atoms in total.